The molecule has 16 heavy (non-hydrogen) atoms. The van der Waals surface area contributed by atoms with Crippen LogP contribution in [0.3, 0.4) is 0 Å². The van der Waals surface area contributed by atoms with Gasteiger partial charge in [0.1, 0.15) is 5.82 Å². The van der Waals surface area contributed by atoms with Crippen LogP contribution in [0, 0.1) is 0 Å². The van der Waals surface area contributed by atoms with Crippen LogP contribution in [0.25, 0.3) is 0 Å². The predicted octanol–water partition coefficient (Wildman–Crippen LogP) is 0.551. The molecule has 1 aliphatic rings. The number of hydrogen-bond donors (Lipinski definition) is 1. The number of nitrogens with two attached hydrogens (primary N) is 1. The molecule has 88 valence electrons. The second-order valence-corrected chi connectivity index (χ2v) is 3.99. The number of nitrogens with zero attached hydrogens (tertiary/aromatic N) is 3. The minimum atomic E-state index is 0.434. The molecule has 0 saturated heterocycles. The van der Waals surface area contributed by atoms with Crippen molar-refractivity contribution in [3.05, 3.63) is 18.1 Å². The topological polar surface area (TPSA) is 64.3 Å². The second-order valence-electron chi connectivity index (χ2n) is 3.99. The van der Waals surface area contributed by atoms with Gasteiger partial charge in [-0.1, -0.05) is 0 Å². The molecule has 1 aromatic rings. The normalized spacial score (nSPS) is 15.1. The molecular weight excluding hydrogens is 204 g/mol. The number of anilines is 1. The van der Waals surface area contributed by atoms with E-state index in [9.17, 15) is 0 Å². The van der Waals surface area contributed by atoms with E-state index >= 15 is 0 Å². The molecule has 5 nitrogen and oxygen atoms in total. The summed E-state index contributed by atoms with van der Waals surface area (Å²) in [4.78, 5) is 10.9. The third-order valence-electron chi connectivity index (χ3n) is 2.70. The summed E-state index contributed by atoms with van der Waals surface area (Å²) in [6.07, 6.45) is 5.98. The third-order valence-corrected chi connectivity index (χ3v) is 2.70. The van der Waals surface area contributed by atoms with Crippen LogP contribution in [0.2, 0.25) is 0 Å². The molecule has 2 rings (SSSR count). The van der Waals surface area contributed by atoms with E-state index in [4.69, 9.17) is 10.5 Å². The zero-order valence-electron chi connectivity index (χ0n) is 9.59. The molecule has 0 atom stereocenters. The Hall–Kier alpha value is -1.20. The highest BCUT2D eigenvalue weighted by Gasteiger charge is 2.29. The van der Waals surface area contributed by atoms with Crippen molar-refractivity contribution in [2.24, 2.45) is 5.73 Å². The van der Waals surface area contributed by atoms with Gasteiger partial charge in [-0.05, 0) is 12.8 Å². The van der Waals surface area contributed by atoms with Crippen molar-refractivity contribution < 1.29 is 4.74 Å². The first-order valence-corrected chi connectivity index (χ1v) is 5.61. The van der Waals surface area contributed by atoms with Crippen LogP contribution in [-0.4, -0.2) is 36.3 Å². The van der Waals surface area contributed by atoms with Crippen molar-refractivity contribution in [2.75, 3.05) is 25.2 Å². The van der Waals surface area contributed by atoms with Gasteiger partial charge in [-0.3, -0.25) is 4.98 Å². The molecule has 0 amide bonds. The lowest BCUT2D eigenvalue weighted by molar-refractivity contribution is 0.204. The lowest BCUT2D eigenvalue weighted by Gasteiger charge is -2.22. The van der Waals surface area contributed by atoms with Gasteiger partial charge in [-0.25, -0.2) is 4.98 Å². The fourth-order valence-electron chi connectivity index (χ4n) is 1.69. The van der Waals surface area contributed by atoms with Gasteiger partial charge in [0.05, 0.1) is 18.5 Å². The highest BCUT2D eigenvalue weighted by molar-refractivity contribution is 5.39. The summed E-state index contributed by atoms with van der Waals surface area (Å²) in [7, 11) is 1.72. The van der Waals surface area contributed by atoms with Crippen molar-refractivity contribution in [1.82, 2.24) is 9.97 Å². The minimum absolute atomic E-state index is 0.434. The van der Waals surface area contributed by atoms with E-state index in [1.165, 1.54) is 12.8 Å². The Balaban J connectivity index is 2.10. The van der Waals surface area contributed by atoms with Gasteiger partial charge in [-0.15, -0.1) is 0 Å². The Morgan fingerprint density at radius 1 is 1.50 bits per heavy atom. The molecule has 1 saturated carbocycles. The van der Waals surface area contributed by atoms with E-state index in [-0.39, 0.29) is 0 Å². The summed E-state index contributed by atoms with van der Waals surface area (Å²) < 4.78 is 5.11. The van der Waals surface area contributed by atoms with Crippen molar-refractivity contribution in [3.63, 3.8) is 0 Å². The number of hydrogen-bond acceptors (Lipinski definition) is 5. The number of aromatic nitrogens is 2. The Labute approximate surface area is 95.6 Å². The van der Waals surface area contributed by atoms with E-state index in [2.05, 4.69) is 14.9 Å². The van der Waals surface area contributed by atoms with Gasteiger partial charge in [0, 0.05) is 32.4 Å². The largest absolute Gasteiger partial charge is 0.383 e. The maximum Gasteiger partial charge on any atom is 0.147 e. The minimum Gasteiger partial charge on any atom is -0.383 e. The van der Waals surface area contributed by atoms with Crippen LogP contribution in [0.15, 0.2) is 12.4 Å². The third kappa shape index (κ3) is 2.68. The molecule has 0 aromatic carbocycles. The first kappa shape index (κ1) is 11.3. The molecule has 1 aromatic heterocycles. The maximum atomic E-state index is 5.57. The van der Waals surface area contributed by atoms with Crippen LogP contribution in [0.5, 0.6) is 0 Å². The quantitative estimate of drug-likeness (QED) is 0.761. The highest BCUT2D eigenvalue weighted by Crippen LogP contribution is 2.29. The Kier molecular flexibility index (Phi) is 3.69. The van der Waals surface area contributed by atoms with Gasteiger partial charge in [0.2, 0.25) is 0 Å². The average Bonchev–Trinajstić information content (AvgIpc) is 3.14. The lowest BCUT2D eigenvalue weighted by Crippen LogP contribution is -2.30. The molecule has 1 fully saturated rings. The van der Waals surface area contributed by atoms with E-state index in [1.807, 2.05) is 0 Å². The molecule has 0 aliphatic heterocycles. The molecule has 2 N–H and O–H groups in total. The van der Waals surface area contributed by atoms with Crippen LogP contribution in [0.1, 0.15) is 18.5 Å². The second kappa shape index (κ2) is 5.23. The van der Waals surface area contributed by atoms with Crippen LogP contribution in [-0.2, 0) is 11.3 Å². The molecule has 0 spiro atoms. The molecule has 0 bridgehead atoms. The Bertz CT molecular complexity index is 341. The van der Waals surface area contributed by atoms with Gasteiger partial charge in [0.25, 0.3) is 0 Å². The zero-order chi connectivity index (χ0) is 11.4. The van der Waals surface area contributed by atoms with E-state index < -0.39 is 0 Å². The number of ether oxygens (including phenoxy) is 1. The molecule has 1 aliphatic carbocycles. The van der Waals surface area contributed by atoms with Crippen molar-refractivity contribution in [3.8, 4) is 0 Å². The standard InChI is InChI=1S/C11H18N4O/c1-16-5-4-15(10-2-3-10)11-8-13-7-9(6-12)14-11/h7-8,10H,2-6,12H2,1H3. The monoisotopic (exact) mass is 222 g/mol. The van der Waals surface area contributed by atoms with Crippen LogP contribution < -0.4 is 10.6 Å². The predicted molar refractivity (Wildman–Crippen MR) is 62.2 cm³/mol. The molecular formula is C11H18N4O. The summed E-state index contributed by atoms with van der Waals surface area (Å²) in [6, 6.07) is 0.609. The maximum absolute atomic E-state index is 5.57. The van der Waals surface area contributed by atoms with Crippen molar-refractivity contribution in [1.29, 1.82) is 0 Å². The molecule has 0 unspecified atom stereocenters. The Morgan fingerprint density at radius 3 is 2.94 bits per heavy atom. The first-order valence-electron chi connectivity index (χ1n) is 5.61. The van der Waals surface area contributed by atoms with E-state index in [0.29, 0.717) is 19.2 Å². The summed E-state index contributed by atoms with van der Waals surface area (Å²) in [6.45, 7) is 2.01. The van der Waals surface area contributed by atoms with Gasteiger partial charge >= 0.3 is 0 Å². The average molecular weight is 222 g/mol. The fraction of sp³-hybridized carbons (Fsp3) is 0.636. The van der Waals surface area contributed by atoms with Crippen LogP contribution in [0.4, 0.5) is 5.82 Å². The number of rotatable bonds is 6. The van der Waals surface area contributed by atoms with E-state index in [0.717, 1.165) is 18.1 Å². The van der Waals surface area contributed by atoms with Crippen molar-refractivity contribution >= 4 is 5.82 Å². The molecule has 1 heterocycles. The van der Waals surface area contributed by atoms with Gasteiger partial charge in [0.15, 0.2) is 0 Å². The summed E-state index contributed by atoms with van der Waals surface area (Å²) >= 11 is 0. The Morgan fingerprint density at radius 2 is 2.31 bits per heavy atom. The number of methoxy groups -OCH3 is 1. The first-order chi connectivity index (χ1) is 7.85. The summed E-state index contributed by atoms with van der Waals surface area (Å²) in [5.41, 5.74) is 6.40. The van der Waals surface area contributed by atoms with Crippen LogP contribution >= 0.6 is 0 Å². The summed E-state index contributed by atoms with van der Waals surface area (Å²) in [5.74, 6) is 0.919. The molecule has 0 radical (unpaired) electrons. The summed E-state index contributed by atoms with van der Waals surface area (Å²) in [5, 5.41) is 0. The zero-order valence-corrected chi connectivity index (χ0v) is 9.59. The lowest BCUT2D eigenvalue weighted by atomic mass is 10.4. The van der Waals surface area contributed by atoms with Crippen molar-refractivity contribution in [2.45, 2.75) is 25.4 Å². The SMILES string of the molecule is COCCN(c1cncc(CN)n1)C1CC1. The fourth-order valence-corrected chi connectivity index (χ4v) is 1.69. The van der Waals surface area contributed by atoms with Gasteiger partial charge < -0.3 is 15.4 Å². The van der Waals surface area contributed by atoms with Gasteiger partial charge in [-0.2, -0.15) is 0 Å². The smallest absolute Gasteiger partial charge is 0.147 e. The molecule has 5 heteroatoms. The van der Waals surface area contributed by atoms with E-state index in [1.54, 1.807) is 19.5 Å². The highest BCUT2D eigenvalue weighted by atomic mass is 16.5.